The predicted molar refractivity (Wildman–Crippen MR) is 66.6 cm³/mol. The molecule has 0 aliphatic carbocycles. The van der Waals surface area contributed by atoms with Crippen LogP contribution in [0.4, 0.5) is 0 Å². The molecular formula is C9H18N2O3S2. The van der Waals surface area contributed by atoms with Crippen LogP contribution in [0.1, 0.15) is 26.2 Å². The van der Waals surface area contributed by atoms with Gasteiger partial charge in [0.15, 0.2) is 0 Å². The van der Waals surface area contributed by atoms with E-state index in [2.05, 4.69) is 0 Å². The monoisotopic (exact) mass is 266 g/mol. The molecule has 1 aliphatic heterocycles. The molecule has 1 heterocycles. The zero-order valence-electron chi connectivity index (χ0n) is 9.30. The number of nitrogens with two attached hydrogens (primary N) is 1. The van der Waals surface area contributed by atoms with Crippen LogP contribution in [0, 0.1) is 0 Å². The zero-order chi connectivity index (χ0) is 12.3. The van der Waals surface area contributed by atoms with Crippen LogP contribution in [0.2, 0.25) is 0 Å². The van der Waals surface area contributed by atoms with Gasteiger partial charge in [-0.2, -0.15) is 0 Å². The number of hydrogen-bond acceptors (Lipinski definition) is 4. The third-order valence-corrected chi connectivity index (χ3v) is 5.66. The Morgan fingerprint density at radius 2 is 2.06 bits per heavy atom. The van der Waals surface area contributed by atoms with Gasteiger partial charge in [-0.25, -0.2) is 12.7 Å². The van der Waals surface area contributed by atoms with Gasteiger partial charge in [-0.1, -0.05) is 19.1 Å². The molecule has 1 rings (SSSR count). The van der Waals surface area contributed by atoms with E-state index >= 15 is 0 Å². The van der Waals surface area contributed by atoms with E-state index < -0.39 is 21.4 Å². The average molecular weight is 266 g/mol. The van der Waals surface area contributed by atoms with Gasteiger partial charge in [-0.15, -0.1) is 0 Å². The first-order valence-corrected chi connectivity index (χ1v) is 7.27. The molecular weight excluding hydrogens is 248 g/mol. The van der Waals surface area contributed by atoms with E-state index in [1.165, 1.54) is 4.31 Å². The molecule has 0 amide bonds. The predicted octanol–water partition coefficient (Wildman–Crippen LogP) is -0.162. The molecule has 0 spiro atoms. The van der Waals surface area contributed by atoms with Gasteiger partial charge in [0.2, 0.25) is 10.0 Å². The molecule has 1 unspecified atom stereocenters. The van der Waals surface area contributed by atoms with Crippen LogP contribution in [0.5, 0.6) is 0 Å². The summed E-state index contributed by atoms with van der Waals surface area (Å²) in [4.78, 5) is 0.0219. The Kier molecular flexibility index (Phi) is 4.66. The fourth-order valence-corrected chi connectivity index (χ4v) is 4.16. The summed E-state index contributed by atoms with van der Waals surface area (Å²) in [6.07, 6.45) is 0.952. The molecule has 0 saturated carbocycles. The van der Waals surface area contributed by atoms with Crippen molar-refractivity contribution in [2.45, 2.75) is 37.5 Å². The van der Waals surface area contributed by atoms with Crippen molar-refractivity contribution in [2.75, 3.05) is 13.1 Å². The number of aliphatic hydroxyl groups excluding tert-OH is 1. The van der Waals surface area contributed by atoms with Gasteiger partial charge < -0.3 is 10.8 Å². The lowest BCUT2D eigenvalue weighted by Crippen LogP contribution is -2.48. The van der Waals surface area contributed by atoms with E-state index in [-0.39, 0.29) is 4.99 Å². The van der Waals surface area contributed by atoms with E-state index in [0.29, 0.717) is 32.4 Å². The van der Waals surface area contributed by atoms with Crippen LogP contribution in [0.3, 0.4) is 0 Å². The Hall–Kier alpha value is -0.240. The molecule has 0 bridgehead atoms. The minimum atomic E-state index is -3.44. The molecule has 0 aromatic carbocycles. The van der Waals surface area contributed by atoms with E-state index in [1.807, 2.05) is 0 Å². The summed E-state index contributed by atoms with van der Waals surface area (Å²) in [6.45, 7) is 2.45. The van der Waals surface area contributed by atoms with Crippen molar-refractivity contribution in [1.82, 2.24) is 4.31 Å². The maximum absolute atomic E-state index is 12.1. The van der Waals surface area contributed by atoms with E-state index in [4.69, 9.17) is 18.0 Å². The maximum atomic E-state index is 12.1. The first-order chi connectivity index (χ1) is 7.39. The molecule has 5 nitrogen and oxygen atoms in total. The van der Waals surface area contributed by atoms with Crippen LogP contribution in [0.25, 0.3) is 0 Å². The first-order valence-electron chi connectivity index (χ1n) is 5.36. The fourth-order valence-electron chi connectivity index (χ4n) is 1.84. The van der Waals surface area contributed by atoms with Crippen molar-refractivity contribution >= 4 is 27.2 Å². The van der Waals surface area contributed by atoms with Crippen molar-refractivity contribution in [3.05, 3.63) is 0 Å². The molecule has 1 saturated heterocycles. The molecule has 1 fully saturated rings. The highest BCUT2D eigenvalue weighted by Gasteiger charge is 2.34. The number of hydrogen-bond donors (Lipinski definition) is 2. The van der Waals surface area contributed by atoms with Crippen LogP contribution in [-0.2, 0) is 10.0 Å². The molecule has 7 heteroatoms. The lowest BCUT2D eigenvalue weighted by molar-refractivity contribution is 0.113. The Morgan fingerprint density at radius 3 is 2.44 bits per heavy atom. The largest absolute Gasteiger partial charge is 0.393 e. The summed E-state index contributed by atoms with van der Waals surface area (Å²) in [5.74, 6) is 0. The third-order valence-electron chi connectivity index (χ3n) is 2.83. The molecule has 1 atom stereocenters. The molecule has 3 N–H and O–H groups in total. The number of thiocarbonyl (C=S) groups is 1. The van der Waals surface area contributed by atoms with Crippen molar-refractivity contribution < 1.29 is 13.5 Å². The first kappa shape index (κ1) is 13.8. The number of sulfonamides is 1. The Bertz CT molecular complexity index is 348. The summed E-state index contributed by atoms with van der Waals surface area (Å²) in [7, 11) is -3.44. The minimum absolute atomic E-state index is 0.0219. The highest BCUT2D eigenvalue weighted by atomic mass is 32.2. The van der Waals surface area contributed by atoms with Gasteiger partial charge in [0, 0.05) is 13.1 Å². The quantitative estimate of drug-likeness (QED) is 0.691. The topological polar surface area (TPSA) is 83.6 Å². The Morgan fingerprint density at radius 1 is 1.56 bits per heavy atom. The van der Waals surface area contributed by atoms with Gasteiger partial charge in [0.05, 0.1) is 11.1 Å². The van der Waals surface area contributed by atoms with Crippen LogP contribution < -0.4 is 5.73 Å². The summed E-state index contributed by atoms with van der Waals surface area (Å²) in [6, 6.07) is 0. The molecule has 0 aromatic heterocycles. The van der Waals surface area contributed by atoms with Gasteiger partial charge in [0.1, 0.15) is 5.25 Å². The second-order valence-corrected chi connectivity index (χ2v) is 6.56. The summed E-state index contributed by atoms with van der Waals surface area (Å²) < 4.78 is 25.7. The lowest BCUT2D eigenvalue weighted by Gasteiger charge is -2.31. The summed E-state index contributed by atoms with van der Waals surface area (Å²) in [5, 5.41) is 8.55. The number of nitrogens with zero attached hydrogens (tertiary/aromatic N) is 1. The van der Waals surface area contributed by atoms with Gasteiger partial charge in [0.25, 0.3) is 0 Å². The highest BCUT2D eigenvalue weighted by Crippen LogP contribution is 2.19. The van der Waals surface area contributed by atoms with Gasteiger partial charge in [-0.05, 0) is 19.3 Å². The van der Waals surface area contributed by atoms with Crippen molar-refractivity contribution in [3.63, 3.8) is 0 Å². The van der Waals surface area contributed by atoms with Crippen LogP contribution >= 0.6 is 12.2 Å². The number of piperidine rings is 1. The van der Waals surface area contributed by atoms with Crippen molar-refractivity contribution in [1.29, 1.82) is 0 Å². The minimum Gasteiger partial charge on any atom is -0.393 e. The lowest BCUT2D eigenvalue weighted by atomic mass is 10.1. The van der Waals surface area contributed by atoms with Crippen LogP contribution in [0.15, 0.2) is 0 Å². The molecule has 1 aliphatic rings. The van der Waals surface area contributed by atoms with Crippen LogP contribution in [-0.4, -0.2) is 47.3 Å². The average Bonchev–Trinajstić information content (AvgIpc) is 2.18. The molecule has 16 heavy (non-hydrogen) atoms. The third kappa shape index (κ3) is 2.91. The van der Waals surface area contributed by atoms with E-state index in [1.54, 1.807) is 6.92 Å². The SMILES string of the molecule is CCC(C(N)=S)S(=O)(=O)N1CCC(O)CC1. The summed E-state index contributed by atoms with van der Waals surface area (Å²) in [5.41, 5.74) is 5.44. The fraction of sp³-hybridized carbons (Fsp3) is 0.889. The molecule has 0 radical (unpaired) electrons. The number of rotatable bonds is 4. The second kappa shape index (κ2) is 5.39. The molecule has 94 valence electrons. The Balaban J connectivity index is 2.81. The number of aliphatic hydroxyl groups is 1. The highest BCUT2D eigenvalue weighted by molar-refractivity contribution is 7.92. The standard InChI is InChI=1S/C9H18N2O3S2/c1-2-8(9(10)15)16(13,14)11-5-3-7(12)4-6-11/h7-8,12H,2-6H2,1H3,(H2,10,15). The normalized spacial score (nSPS) is 21.9. The maximum Gasteiger partial charge on any atom is 0.223 e. The van der Waals surface area contributed by atoms with Gasteiger partial charge in [-0.3, -0.25) is 0 Å². The van der Waals surface area contributed by atoms with Crippen molar-refractivity contribution in [2.24, 2.45) is 5.73 Å². The van der Waals surface area contributed by atoms with Crippen molar-refractivity contribution in [3.8, 4) is 0 Å². The second-order valence-electron chi connectivity index (χ2n) is 3.97. The summed E-state index contributed by atoms with van der Waals surface area (Å²) >= 11 is 4.78. The van der Waals surface area contributed by atoms with E-state index in [9.17, 15) is 13.5 Å². The Labute approximate surface area is 102 Å². The van der Waals surface area contributed by atoms with Gasteiger partial charge >= 0.3 is 0 Å². The molecule has 0 aromatic rings. The van der Waals surface area contributed by atoms with E-state index in [0.717, 1.165) is 0 Å². The smallest absolute Gasteiger partial charge is 0.223 e. The zero-order valence-corrected chi connectivity index (χ0v) is 10.9.